The van der Waals surface area contributed by atoms with Crippen molar-refractivity contribution < 1.29 is 23.6 Å². The van der Waals surface area contributed by atoms with Crippen LogP contribution in [0.3, 0.4) is 0 Å². The fourth-order valence-corrected chi connectivity index (χ4v) is 2.25. The molecule has 3 aromatic rings. The Morgan fingerprint density at radius 1 is 1.12 bits per heavy atom. The minimum Gasteiger partial charge on any atom is -0.478 e. The predicted molar refractivity (Wildman–Crippen MR) is 87.6 cm³/mol. The SMILES string of the molecule is O=C(Cc1cc(-c2ccccc2)on1)Nc1cc(C(=O)O)ccc1F. The molecule has 0 fully saturated rings. The Labute approximate surface area is 141 Å². The van der Waals surface area contributed by atoms with Gasteiger partial charge in [0.25, 0.3) is 0 Å². The second kappa shape index (κ2) is 6.96. The zero-order valence-electron chi connectivity index (χ0n) is 12.9. The van der Waals surface area contributed by atoms with Crippen LogP contribution in [0.15, 0.2) is 59.1 Å². The minimum absolute atomic E-state index is 0.121. The number of carbonyl (C=O) groups is 2. The van der Waals surface area contributed by atoms with Gasteiger partial charge in [-0.15, -0.1) is 0 Å². The van der Waals surface area contributed by atoms with E-state index < -0.39 is 17.7 Å². The van der Waals surface area contributed by atoms with Gasteiger partial charge in [-0.2, -0.15) is 0 Å². The number of nitrogens with one attached hydrogen (secondary N) is 1. The largest absolute Gasteiger partial charge is 0.478 e. The van der Waals surface area contributed by atoms with Crippen molar-refractivity contribution in [1.29, 1.82) is 0 Å². The fraction of sp³-hybridized carbons (Fsp3) is 0.0556. The van der Waals surface area contributed by atoms with E-state index >= 15 is 0 Å². The van der Waals surface area contributed by atoms with Gasteiger partial charge in [0, 0.05) is 11.6 Å². The van der Waals surface area contributed by atoms with Gasteiger partial charge in [0.05, 0.1) is 23.4 Å². The number of amides is 1. The van der Waals surface area contributed by atoms with E-state index in [1.54, 1.807) is 6.07 Å². The van der Waals surface area contributed by atoms with Crippen LogP contribution >= 0.6 is 0 Å². The summed E-state index contributed by atoms with van der Waals surface area (Å²) in [5.74, 6) is -1.94. The van der Waals surface area contributed by atoms with Crippen molar-refractivity contribution >= 4 is 17.6 Å². The Hall–Kier alpha value is -3.48. The van der Waals surface area contributed by atoms with E-state index in [1.807, 2.05) is 30.3 Å². The Balaban J connectivity index is 1.70. The van der Waals surface area contributed by atoms with Crippen molar-refractivity contribution in [3.05, 3.63) is 71.7 Å². The molecule has 0 aliphatic rings. The molecule has 126 valence electrons. The third-order valence-corrected chi connectivity index (χ3v) is 3.45. The molecule has 0 spiro atoms. The maximum atomic E-state index is 13.7. The molecule has 3 rings (SSSR count). The third-order valence-electron chi connectivity index (χ3n) is 3.45. The van der Waals surface area contributed by atoms with E-state index in [9.17, 15) is 14.0 Å². The monoisotopic (exact) mass is 340 g/mol. The lowest BCUT2D eigenvalue weighted by Gasteiger charge is -2.06. The molecule has 7 heteroatoms. The quantitative estimate of drug-likeness (QED) is 0.743. The van der Waals surface area contributed by atoms with Crippen molar-refractivity contribution in [1.82, 2.24) is 5.16 Å². The van der Waals surface area contributed by atoms with E-state index in [0.717, 1.165) is 23.8 Å². The number of rotatable bonds is 5. The van der Waals surface area contributed by atoms with Crippen LogP contribution in [0.4, 0.5) is 10.1 Å². The highest BCUT2D eigenvalue weighted by molar-refractivity contribution is 5.94. The summed E-state index contributed by atoms with van der Waals surface area (Å²) < 4.78 is 18.9. The van der Waals surface area contributed by atoms with Crippen molar-refractivity contribution in [2.24, 2.45) is 0 Å². The van der Waals surface area contributed by atoms with E-state index in [-0.39, 0.29) is 17.7 Å². The number of carboxylic acid groups (broad SMARTS) is 1. The number of halogens is 1. The normalized spacial score (nSPS) is 10.4. The summed E-state index contributed by atoms with van der Waals surface area (Å²) in [5.41, 5.74) is 0.884. The van der Waals surface area contributed by atoms with Crippen LogP contribution < -0.4 is 5.32 Å². The summed E-state index contributed by atoms with van der Waals surface area (Å²) in [4.78, 5) is 23.0. The molecule has 0 saturated heterocycles. The van der Waals surface area contributed by atoms with E-state index in [0.29, 0.717) is 11.5 Å². The molecule has 0 aliphatic carbocycles. The molecule has 0 radical (unpaired) electrons. The summed E-state index contributed by atoms with van der Waals surface area (Å²) in [7, 11) is 0. The molecular weight excluding hydrogens is 327 g/mol. The summed E-state index contributed by atoms with van der Waals surface area (Å²) in [6, 6.07) is 14.1. The summed E-state index contributed by atoms with van der Waals surface area (Å²) in [6.07, 6.45) is -0.132. The summed E-state index contributed by atoms with van der Waals surface area (Å²) in [6.45, 7) is 0. The number of aromatic nitrogens is 1. The lowest BCUT2D eigenvalue weighted by atomic mass is 10.1. The summed E-state index contributed by atoms with van der Waals surface area (Å²) in [5, 5.41) is 15.1. The first-order valence-electron chi connectivity index (χ1n) is 7.36. The number of carboxylic acids is 1. The van der Waals surface area contributed by atoms with Gasteiger partial charge in [-0.05, 0) is 18.2 Å². The first kappa shape index (κ1) is 16.4. The lowest BCUT2D eigenvalue weighted by molar-refractivity contribution is -0.115. The average molecular weight is 340 g/mol. The van der Waals surface area contributed by atoms with Crippen LogP contribution in [-0.2, 0) is 11.2 Å². The van der Waals surface area contributed by atoms with Gasteiger partial charge >= 0.3 is 5.97 Å². The van der Waals surface area contributed by atoms with Crippen LogP contribution in [0.2, 0.25) is 0 Å². The molecule has 1 amide bonds. The first-order chi connectivity index (χ1) is 12.0. The number of nitrogens with zero attached hydrogens (tertiary/aromatic N) is 1. The highest BCUT2D eigenvalue weighted by Crippen LogP contribution is 2.21. The second-order valence-electron chi connectivity index (χ2n) is 5.27. The maximum absolute atomic E-state index is 13.7. The highest BCUT2D eigenvalue weighted by atomic mass is 19.1. The van der Waals surface area contributed by atoms with Crippen LogP contribution in [0.5, 0.6) is 0 Å². The van der Waals surface area contributed by atoms with Crippen LogP contribution in [0.25, 0.3) is 11.3 Å². The zero-order chi connectivity index (χ0) is 17.8. The Morgan fingerprint density at radius 2 is 1.88 bits per heavy atom. The minimum atomic E-state index is -1.21. The molecule has 1 heterocycles. The van der Waals surface area contributed by atoms with Crippen molar-refractivity contribution in [2.45, 2.75) is 6.42 Å². The molecule has 1 aromatic heterocycles. The third kappa shape index (κ3) is 3.89. The van der Waals surface area contributed by atoms with E-state index in [1.165, 1.54) is 0 Å². The average Bonchev–Trinajstić information content (AvgIpc) is 3.06. The highest BCUT2D eigenvalue weighted by Gasteiger charge is 2.14. The zero-order valence-corrected chi connectivity index (χ0v) is 12.9. The molecule has 0 atom stereocenters. The van der Waals surface area contributed by atoms with Gasteiger partial charge in [0.1, 0.15) is 5.82 Å². The molecule has 0 bridgehead atoms. The number of hydrogen-bond donors (Lipinski definition) is 2. The fourth-order valence-electron chi connectivity index (χ4n) is 2.25. The number of aromatic carboxylic acids is 1. The smallest absolute Gasteiger partial charge is 0.335 e. The molecular formula is C18H13FN2O4. The van der Waals surface area contributed by atoms with E-state index in [2.05, 4.69) is 10.5 Å². The molecule has 2 aromatic carbocycles. The van der Waals surface area contributed by atoms with Gasteiger partial charge in [-0.1, -0.05) is 35.5 Å². The lowest BCUT2D eigenvalue weighted by Crippen LogP contribution is -2.16. The van der Waals surface area contributed by atoms with Crippen molar-refractivity contribution in [3.8, 4) is 11.3 Å². The maximum Gasteiger partial charge on any atom is 0.335 e. The van der Waals surface area contributed by atoms with Gasteiger partial charge in [-0.25, -0.2) is 9.18 Å². The number of hydrogen-bond acceptors (Lipinski definition) is 4. The van der Waals surface area contributed by atoms with Gasteiger partial charge in [0.2, 0.25) is 5.91 Å². The Bertz CT molecular complexity index is 922. The molecule has 0 aliphatic heterocycles. The standard InChI is InChI=1S/C18H13FN2O4/c19-14-7-6-12(18(23)24)8-15(14)20-17(22)10-13-9-16(25-21-13)11-4-2-1-3-5-11/h1-9H,10H2,(H,20,22)(H,23,24). The predicted octanol–water partition coefficient (Wildman–Crippen LogP) is 3.36. The van der Waals surface area contributed by atoms with Crippen LogP contribution in [0, 0.1) is 5.82 Å². The molecule has 25 heavy (non-hydrogen) atoms. The first-order valence-corrected chi connectivity index (χ1v) is 7.36. The Morgan fingerprint density at radius 3 is 2.60 bits per heavy atom. The topological polar surface area (TPSA) is 92.4 Å². The van der Waals surface area contributed by atoms with Crippen LogP contribution in [0.1, 0.15) is 16.1 Å². The number of anilines is 1. The van der Waals surface area contributed by atoms with Crippen LogP contribution in [-0.4, -0.2) is 22.1 Å². The van der Waals surface area contributed by atoms with Gasteiger partial charge in [0.15, 0.2) is 5.76 Å². The van der Waals surface area contributed by atoms with E-state index in [4.69, 9.17) is 9.63 Å². The molecule has 0 unspecified atom stereocenters. The summed E-state index contributed by atoms with van der Waals surface area (Å²) >= 11 is 0. The van der Waals surface area contributed by atoms with Crippen molar-refractivity contribution in [2.75, 3.05) is 5.32 Å². The Kier molecular flexibility index (Phi) is 4.56. The molecule has 0 saturated carbocycles. The second-order valence-corrected chi connectivity index (χ2v) is 5.27. The molecule has 2 N–H and O–H groups in total. The van der Waals surface area contributed by atoms with Crippen molar-refractivity contribution in [3.63, 3.8) is 0 Å². The van der Waals surface area contributed by atoms with Gasteiger partial charge in [-0.3, -0.25) is 4.79 Å². The van der Waals surface area contributed by atoms with Gasteiger partial charge < -0.3 is 14.9 Å². The molecule has 6 nitrogen and oxygen atoms in total. The number of benzene rings is 2. The number of carbonyl (C=O) groups excluding carboxylic acids is 1.